The van der Waals surface area contributed by atoms with Crippen LogP contribution in [0.2, 0.25) is 0 Å². The number of nitrogens with one attached hydrogen (secondary N) is 1. The van der Waals surface area contributed by atoms with Crippen molar-refractivity contribution in [2.45, 2.75) is 26.8 Å². The van der Waals surface area contributed by atoms with Crippen LogP contribution in [-0.4, -0.2) is 47.4 Å². The van der Waals surface area contributed by atoms with Crippen LogP contribution in [0.1, 0.15) is 29.8 Å². The Morgan fingerprint density at radius 1 is 1.18 bits per heavy atom. The zero-order valence-electron chi connectivity index (χ0n) is 13.3. The molecule has 0 saturated heterocycles. The van der Waals surface area contributed by atoms with Crippen LogP contribution in [0.3, 0.4) is 0 Å². The summed E-state index contributed by atoms with van der Waals surface area (Å²) in [5.74, 6) is -2.02. The molecule has 1 unspecified atom stereocenters. The quantitative estimate of drug-likeness (QED) is 0.829. The summed E-state index contributed by atoms with van der Waals surface area (Å²) < 4.78 is 0. The smallest absolute Gasteiger partial charge is 0.323 e. The molecule has 2 amide bonds. The molecular formula is C16H22N2O4. The van der Waals surface area contributed by atoms with Crippen molar-refractivity contribution < 1.29 is 19.5 Å². The average molecular weight is 306 g/mol. The first kappa shape index (κ1) is 17.7. The van der Waals surface area contributed by atoms with Crippen LogP contribution in [-0.2, 0) is 9.59 Å². The summed E-state index contributed by atoms with van der Waals surface area (Å²) in [6.07, 6.45) is 0. The number of benzene rings is 1. The van der Waals surface area contributed by atoms with E-state index in [-0.39, 0.29) is 11.8 Å². The van der Waals surface area contributed by atoms with Crippen molar-refractivity contribution in [1.29, 1.82) is 0 Å². The van der Waals surface area contributed by atoms with Gasteiger partial charge in [-0.2, -0.15) is 0 Å². The second-order valence-corrected chi connectivity index (χ2v) is 5.65. The van der Waals surface area contributed by atoms with E-state index in [0.717, 1.165) is 10.5 Å². The van der Waals surface area contributed by atoms with Gasteiger partial charge in [0, 0.05) is 12.6 Å². The third-order valence-electron chi connectivity index (χ3n) is 3.28. The number of hydrogen-bond acceptors (Lipinski definition) is 3. The Labute approximate surface area is 130 Å². The van der Waals surface area contributed by atoms with Gasteiger partial charge in [0.1, 0.15) is 12.6 Å². The van der Waals surface area contributed by atoms with Crippen LogP contribution < -0.4 is 5.32 Å². The number of carboxylic acids is 1. The predicted octanol–water partition coefficient (Wildman–Crippen LogP) is 1.29. The Morgan fingerprint density at radius 2 is 1.73 bits per heavy atom. The highest BCUT2D eigenvalue weighted by Crippen LogP contribution is 2.09. The molecule has 6 nitrogen and oxygen atoms in total. The fourth-order valence-corrected chi connectivity index (χ4v) is 1.96. The highest BCUT2D eigenvalue weighted by molar-refractivity contribution is 5.98. The summed E-state index contributed by atoms with van der Waals surface area (Å²) in [7, 11) is 1.41. The molecule has 0 radical (unpaired) electrons. The van der Waals surface area contributed by atoms with Gasteiger partial charge in [0.05, 0.1) is 0 Å². The molecule has 0 aliphatic heterocycles. The lowest BCUT2D eigenvalue weighted by atomic mass is 10.0. The number of rotatable bonds is 6. The van der Waals surface area contributed by atoms with Crippen molar-refractivity contribution in [3.8, 4) is 0 Å². The lowest BCUT2D eigenvalue weighted by molar-refractivity contribution is -0.144. The second-order valence-electron chi connectivity index (χ2n) is 5.65. The molecule has 2 N–H and O–H groups in total. The van der Waals surface area contributed by atoms with E-state index in [0.29, 0.717) is 5.56 Å². The summed E-state index contributed by atoms with van der Waals surface area (Å²) in [5.41, 5.74) is 1.50. The number of aryl methyl sites for hydroxylation is 1. The van der Waals surface area contributed by atoms with E-state index in [2.05, 4.69) is 5.32 Å². The van der Waals surface area contributed by atoms with E-state index in [1.165, 1.54) is 7.05 Å². The van der Waals surface area contributed by atoms with Crippen LogP contribution in [0.25, 0.3) is 0 Å². The molecular weight excluding hydrogens is 284 g/mol. The highest BCUT2D eigenvalue weighted by Gasteiger charge is 2.28. The van der Waals surface area contributed by atoms with Crippen LogP contribution in [0.5, 0.6) is 0 Å². The molecule has 120 valence electrons. The Balaban J connectivity index is 2.83. The average Bonchev–Trinajstić information content (AvgIpc) is 2.43. The van der Waals surface area contributed by atoms with Crippen molar-refractivity contribution >= 4 is 17.8 Å². The molecule has 0 bridgehead atoms. The first-order valence-electron chi connectivity index (χ1n) is 7.06. The number of carboxylic acid groups (broad SMARTS) is 1. The van der Waals surface area contributed by atoms with Gasteiger partial charge in [-0.1, -0.05) is 31.5 Å². The maximum atomic E-state index is 12.3. The van der Waals surface area contributed by atoms with Crippen LogP contribution >= 0.6 is 0 Å². The number of aliphatic carboxylic acids is 1. The van der Waals surface area contributed by atoms with Gasteiger partial charge in [0.2, 0.25) is 5.91 Å². The predicted molar refractivity (Wildman–Crippen MR) is 82.5 cm³/mol. The SMILES string of the molecule is Cc1ccc(C(=O)NC(C(=O)N(C)CC(=O)O)C(C)C)cc1. The molecule has 0 saturated carbocycles. The number of nitrogens with zero attached hydrogens (tertiary/aromatic N) is 1. The van der Waals surface area contributed by atoms with Gasteiger partial charge >= 0.3 is 5.97 Å². The van der Waals surface area contributed by atoms with Crippen molar-refractivity contribution in [2.75, 3.05) is 13.6 Å². The first-order valence-corrected chi connectivity index (χ1v) is 7.06. The summed E-state index contributed by atoms with van der Waals surface area (Å²) in [6, 6.07) is 6.24. The molecule has 0 aromatic heterocycles. The zero-order valence-corrected chi connectivity index (χ0v) is 13.3. The van der Waals surface area contributed by atoms with Crippen LogP contribution in [0, 0.1) is 12.8 Å². The molecule has 1 aromatic carbocycles. The molecule has 6 heteroatoms. The van der Waals surface area contributed by atoms with E-state index in [1.807, 2.05) is 19.1 Å². The van der Waals surface area contributed by atoms with E-state index >= 15 is 0 Å². The number of carbonyl (C=O) groups is 3. The fourth-order valence-electron chi connectivity index (χ4n) is 1.96. The van der Waals surface area contributed by atoms with Crippen molar-refractivity contribution in [3.63, 3.8) is 0 Å². The van der Waals surface area contributed by atoms with Gasteiger partial charge in [0.25, 0.3) is 5.91 Å². The van der Waals surface area contributed by atoms with E-state index in [4.69, 9.17) is 5.11 Å². The number of likely N-dealkylation sites (N-methyl/N-ethyl adjacent to an activating group) is 1. The van der Waals surface area contributed by atoms with E-state index in [1.54, 1.807) is 26.0 Å². The van der Waals surface area contributed by atoms with Gasteiger partial charge in [-0.3, -0.25) is 14.4 Å². The third kappa shape index (κ3) is 4.87. The summed E-state index contributed by atoms with van der Waals surface area (Å²) in [4.78, 5) is 36.3. The van der Waals surface area contributed by atoms with Crippen LogP contribution in [0.15, 0.2) is 24.3 Å². The molecule has 0 spiro atoms. The van der Waals surface area contributed by atoms with Crippen molar-refractivity contribution in [1.82, 2.24) is 10.2 Å². The number of amides is 2. The van der Waals surface area contributed by atoms with Gasteiger partial charge in [-0.05, 0) is 25.0 Å². The number of carbonyl (C=O) groups excluding carboxylic acids is 2. The third-order valence-corrected chi connectivity index (χ3v) is 3.28. The summed E-state index contributed by atoms with van der Waals surface area (Å²) in [5, 5.41) is 11.4. The summed E-state index contributed by atoms with van der Waals surface area (Å²) >= 11 is 0. The Hall–Kier alpha value is -2.37. The minimum absolute atomic E-state index is 0.154. The lowest BCUT2D eigenvalue weighted by Gasteiger charge is -2.26. The molecule has 1 aromatic rings. The topological polar surface area (TPSA) is 86.7 Å². The fraction of sp³-hybridized carbons (Fsp3) is 0.438. The van der Waals surface area contributed by atoms with Gasteiger partial charge in [-0.25, -0.2) is 0 Å². The van der Waals surface area contributed by atoms with Gasteiger partial charge in [-0.15, -0.1) is 0 Å². The maximum Gasteiger partial charge on any atom is 0.323 e. The minimum Gasteiger partial charge on any atom is -0.480 e. The van der Waals surface area contributed by atoms with E-state index in [9.17, 15) is 14.4 Å². The molecule has 0 aliphatic rings. The Morgan fingerprint density at radius 3 is 2.18 bits per heavy atom. The Kier molecular flexibility index (Phi) is 6.10. The largest absolute Gasteiger partial charge is 0.480 e. The van der Waals surface area contributed by atoms with Crippen LogP contribution in [0.4, 0.5) is 0 Å². The molecule has 22 heavy (non-hydrogen) atoms. The van der Waals surface area contributed by atoms with Gasteiger partial charge < -0.3 is 15.3 Å². The second kappa shape index (κ2) is 7.59. The standard InChI is InChI=1S/C16H22N2O4/c1-10(2)14(16(22)18(4)9-13(19)20)17-15(21)12-7-5-11(3)6-8-12/h5-8,10,14H,9H2,1-4H3,(H,17,21)(H,19,20). The molecule has 1 atom stereocenters. The van der Waals surface area contributed by atoms with Crippen molar-refractivity contribution in [2.24, 2.45) is 5.92 Å². The Bertz CT molecular complexity index is 552. The first-order chi connectivity index (χ1) is 10.2. The normalized spacial score (nSPS) is 11.9. The summed E-state index contributed by atoms with van der Waals surface area (Å²) in [6.45, 7) is 5.12. The highest BCUT2D eigenvalue weighted by atomic mass is 16.4. The molecule has 0 aliphatic carbocycles. The monoisotopic (exact) mass is 306 g/mol. The molecule has 0 heterocycles. The van der Waals surface area contributed by atoms with E-state index < -0.39 is 24.5 Å². The van der Waals surface area contributed by atoms with Crippen molar-refractivity contribution in [3.05, 3.63) is 35.4 Å². The lowest BCUT2D eigenvalue weighted by Crippen LogP contribution is -2.51. The maximum absolute atomic E-state index is 12.3. The molecule has 1 rings (SSSR count). The minimum atomic E-state index is -1.09. The number of hydrogen-bond donors (Lipinski definition) is 2. The van der Waals surface area contributed by atoms with Gasteiger partial charge in [0.15, 0.2) is 0 Å². The zero-order chi connectivity index (χ0) is 16.9. The molecule has 0 fully saturated rings.